The number of nitrogens with one attached hydrogen (secondary N) is 1. The van der Waals surface area contributed by atoms with Crippen LogP contribution in [-0.2, 0) is 0 Å². The van der Waals surface area contributed by atoms with Gasteiger partial charge in [-0.1, -0.05) is 24.9 Å². The molecular formula is C13H18ClN3S. The predicted molar refractivity (Wildman–Crippen MR) is 78.8 cm³/mol. The Balaban J connectivity index is 2.10. The van der Waals surface area contributed by atoms with Gasteiger partial charge >= 0.3 is 0 Å². The van der Waals surface area contributed by atoms with Gasteiger partial charge in [0.15, 0.2) is 0 Å². The van der Waals surface area contributed by atoms with Crippen molar-refractivity contribution in [2.75, 3.05) is 11.9 Å². The highest BCUT2D eigenvalue weighted by atomic mass is 35.5. The summed E-state index contributed by atoms with van der Waals surface area (Å²) in [4.78, 5) is 5.61. The third-order valence-electron chi connectivity index (χ3n) is 2.91. The number of anilines is 1. The highest BCUT2D eigenvalue weighted by molar-refractivity contribution is 7.16. The van der Waals surface area contributed by atoms with E-state index in [4.69, 9.17) is 11.6 Å². The Morgan fingerprint density at radius 3 is 3.00 bits per heavy atom. The number of thiophene rings is 1. The van der Waals surface area contributed by atoms with Crippen LogP contribution in [0.1, 0.15) is 37.6 Å². The van der Waals surface area contributed by atoms with Gasteiger partial charge in [-0.05, 0) is 25.5 Å². The molecule has 0 saturated heterocycles. The Bertz CT molecular complexity index is 492. The van der Waals surface area contributed by atoms with Crippen molar-refractivity contribution in [1.29, 1.82) is 0 Å². The summed E-state index contributed by atoms with van der Waals surface area (Å²) in [5.41, 5.74) is 0. The number of unbranched alkanes of at least 4 members (excludes halogenated alkanes) is 1. The topological polar surface area (TPSA) is 29.9 Å². The SMILES string of the molecule is CCCCNc1nccn1C(C)c1ccc(Cl)s1. The molecule has 2 rings (SSSR count). The Labute approximate surface area is 117 Å². The monoisotopic (exact) mass is 283 g/mol. The van der Waals surface area contributed by atoms with Crippen molar-refractivity contribution in [3.8, 4) is 0 Å². The van der Waals surface area contributed by atoms with Gasteiger partial charge in [0, 0.05) is 23.8 Å². The molecule has 2 aromatic rings. The molecule has 1 unspecified atom stereocenters. The van der Waals surface area contributed by atoms with Crippen molar-refractivity contribution in [2.24, 2.45) is 0 Å². The van der Waals surface area contributed by atoms with Gasteiger partial charge in [-0.15, -0.1) is 11.3 Å². The Hall–Kier alpha value is -1.000. The molecule has 1 atom stereocenters. The van der Waals surface area contributed by atoms with Crippen LogP contribution >= 0.6 is 22.9 Å². The van der Waals surface area contributed by atoms with Crippen LogP contribution < -0.4 is 5.32 Å². The highest BCUT2D eigenvalue weighted by Crippen LogP contribution is 2.30. The summed E-state index contributed by atoms with van der Waals surface area (Å²) >= 11 is 7.61. The fraction of sp³-hybridized carbons (Fsp3) is 0.462. The molecule has 0 radical (unpaired) electrons. The van der Waals surface area contributed by atoms with E-state index in [-0.39, 0.29) is 6.04 Å². The summed E-state index contributed by atoms with van der Waals surface area (Å²) in [6.45, 7) is 5.31. The number of nitrogens with zero attached hydrogens (tertiary/aromatic N) is 2. The van der Waals surface area contributed by atoms with Crippen LogP contribution in [0.25, 0.3) is 0 Å². The van der Waals surface area contributed by atoms with E-state index >= 15 is 0 Å². The molecule has 0 saturated carbocycles. The van der Waals surface area contributed by atoms with Gasteiger partial charge in [-0.25, -0.2) is 4.98 Å². The molecule has 0 fully saturated rings. The zero-order valence-corrected chi connectivity index (χ0v) is 12.3. The molecular weight excluding hydrogens is 266 g/mol. The lowest BCUT2D eigenvalue weighted by Crippen LogP contribution is -2.11. The maximum absolute atomic E-state index is 5.99. The molecule has 5 heteroatoms. The number of rotatable bonds is 6. The summed E-state index contributed by atoms with van der Waals surface area (Å²) < 4.78 is 2.98. The lowest BCUT2D eigenvalue weighted by molar-refractivity contribution is 0.652. The number of aromatic nitrogens is 2. The first-order chi connectivity index (χ1) is 8.72. The lowest BCUT2D eigenvalue weighted by Gasteiger charge is -2.15. The molecule has 1 N–H and O–H groups in total. The largest absolute Gasteiger partial charge is 0.356 e. The maximum Gasteiger partial charge on any atom is 0.203 e. The second-order valence-electron chi connectivity index (χ2n) is 4.26. The Morgan fingerprint density at radius 1 is 1.50 bits per heavy atom. The van der Waals surface area contributed by atoms with E-state index in [2.05, 4.69) is 34.8 Å². The average Bonchev–Trinajstić information content (AvgIpc) is 2.97. The highest BCUT2D eigenvalue weighted by Gasteiger charge is 2.13. The van der Waals surface area contributed by atoms with Crippen LogP contribution in [0.15, 0.2) is 24.5 Å². The molecule has 0 spiro atoms. The summed E-state index contributed by atoms with van der Waals surface area (Å²) in [5.74, 6) is 0.931. The molecule has 98 valence electrons. The molecule has 0 aliphatic heterocycles. The van der Waals surface area contributed by atoms with Crippen molar-refractivity contribution >= 4 is 28.9 Å². The molecule has 2 aromatic heterocycles. The minimum atomic E-state index is 0.258. The summed E-state index contributed by atoms with van der Waals surface area (Å²) in [7, 11) is 0. The standard InChI is InChI=1S/C13H18ClN3S/c1-3-4-7-15-13-16-8-9-17(13)10(2)11-5-6-12(14)18-11/h5-6,8-10H,3-4,7H2,1-2H3,(H,15,16). The van der Waals surface area contributed by atoms with Gasteiger partial charge < -0.3 is 9.88 Å². The normalized spacial score (nSPS) is 12.6. The second-order valence-corrected chi connectivity index (χ2v) is 6.00. The van der Waals surface area contributed by atoms with Gasteiger partial charge in [-0.2, -0.15) is 0 Å². The minimum absolute atomic E-state index is 0.258. The quantitative estimate of drug-likeness (QED) is 0.796. The molecule has 3 nitrogen and oxygen atoms in total. The van der Waals surface area contributed by atoms with E-state index in [1.165, 1.54) is 11.3 Å². The molecule has 0 aliphatic carbocycles. The summed E-state index contributed by atoms with van der Waals surface area (Å²) in [6.07, 6.45) is 6.18. The lowest BCUT2D eigenvalue weighted by atomic mass is 10.3. The zero-order valence-electron chi connectivity index (χ0n) is 10.7. The van der Waals surface area contributed by atoms with Crippen molar-refractivity contribution in [2.45, 2.75) is 32.7 Å². The van der Waals surface area contributed by atoms with Crippen molar-refractivity contribution in [3.63, 3.8) is 0 Å². The van der Waals surface area contributed by atoms with Crippen LogP contribution in [0.5, 0.6) is 0 Å². The smallest absolute Gasteiger partial charge is 0.203 e. The predicted octanol–water partition coefficient (Wildman–Crippen LogP) is 4.42. The van der Waals surface area contributed by atoms with Crippen molar-refractivity contribution in [1.82, 2.24) is 9.55 Å². The third kappa shape index (κ3) is 3.06. The van der Waals surface area contributed by atoms with E-state index < -0.39 is 0 Å². The van der Waals surface area contributed by atoms with Crippen LogP contribution in [-0.4, -0.2) is 16.1 Å². The van der Waals surface area contributed by atoms with Gasteiger partial charge in [0.25, 0.3) is 0 Å². The number of halogens is 1. The number of hydrogen-bond acceptors (Lipinski definition) is 3. The van der Waals surface area contributed by atoms with Crippen LogP contribution in [0.4, 0.5) is 5.95 Å². The molecule has 0 aliphatic rings. The number of hydrogen-bond donors (Lipinski definition) is 1. The third-order valence-corrected chi connectivity index (χ3v) is 4.31. The van der Waals surface area contributed by atoms with E-state index in [9.17, 15) is 0 Å². The zero-order chi connectivity index (χ0) is 13.0. The fourth-order valence-corrected chi connectivity index (χ4v) is 2.94. The summed E-state index contributed by atoms with van der Waals surface area (Å²) in [5, 5.41) is 3.38. The van der Waals surface area contributed by atoms with Crippen LogP contribution in [0.2, 0.25) is 4.34 Å². The van der Waals surface area contributed by atoms with E-state index in [0.29, 0.717) is 0 Å². The van der Waals surface area contributed by atoms with Crippen molar-refractivity contribution in [3.05, 3.63) is 33.7 Å². The first-order valence-corrected chi connectivity index (χ1v) is 7.43. The van der Waals surface area contributed by atoms with Crippen molar-refractivity contribution < 1.29 is 0 Å². The average molecular weight is 284 g/mol. The van der Waals surface area contributed by atoms with E-state index in [0.717, 1.165) is 23.3 Å². The Kier molecular flexibility index (Phi) is 4.66. The van der Waals surface area contributed by atoms with E-state index in [1.807, 2.05) is 18.5 Å². The first-order valence-electron chi connectivity index (χ1n) is 6.24. The van der Waals surface area contributed by atoms with Gasteiger partial charge in [0.2, 0.25) is 5.95 Å². The minimum Gasteiger partial charge on any atom is -0.356 e. The fourth-order valence-electron chi connectivity index (χ4n) is 1.83. The van der Waals surface area contributed by atoms with Gasteiger partial charge in [-0.3, -0.25) is 0 Å². The molecule has 0 amide bonds. The van der Waals surface area contributed by atoms with Gasteiger partial charge in [0.1, 0.15) is 0 Å². The molecule has 2 heterocycles. The first kappa shape index (κ1) is 13.4. The molecule has 18 heavy (non-hydrogen) atoms. The second kappa shape index (κ2) is 6.25. The van der Waals surface area contributed by atoms with E-state index in [1.54, 1.807) is 11.3 Å². The Morgan fingerprint density at radius 2 is 2.33 bits per heavy atom. The van der Waals surface area contributed by atoms with Gasteiger partial charge in [0.05, 0.1) is 10.4 Å². The van der Waals surface area contributed by atoms with Crippen LogP contribution in [0.3, 0.4) is 0 Å². The summed E-state index contributed by atoms with van der Waals surface area (Å²) in [6, 6.07) is 4.28. The molecule has 0 aromatic carbocycles. The maximum atomic E-state index is 5.99. The van der Waals surface area contributed by atoms with Crippen LogP contribution in [0, 0.1) is 0 Å². The number of imidazole rings is 1. The molecule has 0 bridgehead atoms.